The lowest BCUT2D eigenvalue weighted by atomic mass is 10.1. The van der Waals surface area contributed by atoms with Crippen molar-refractivity contribution in [3.63, 3.8) is 0 Å². The van der Waals surface area contributed by atoms with Crippen molar-refractivity contribution in [2.45, 2.75) is 38.0 Å². The molecule has 0 aliphatic heterocycles. The van der Waals surface area contributed by atoms with Crippen LogP contribution in [0.5, 0.6) is 0 Å². The third-order valence-electron chi connectivity index (χ3n) is 2.79. The smallest absolute Gasteiger partial charge is 0.313 e. The number of hydrogen-bond donors (Lipinski definition) is 1. The van der Waals surface area contributed by atoms with Crippen molar-refractivity contribution in [3.05, 3.63) is 24.3 Å². The first-order chi connectivity index (χ1) is 9.58. The number of thioether (sulfide) groups is 1. The molecule has 0 radical (unpaired) electrons. The monoisotopic (exact) mass is 295 g/mol. The molecule has 1 N–H and O–H groups in total. The van der Waals surface area contributed by atoms with Gasteiger partial charge < -0.3 is 9.67 Å². The van der Waals surface area contributed by atoms with Gasteiger partial charge in [-0.15, -0.1) is 5.10 Å². The van der Waals surface area contributed by atoms with Crippen molar-refractivity contribution in [2.75, 3.05) is 5.75 Å². The minimum atomic E-state index is -0.841. The molecule has 2 aromatic rings. The van der Waals surface area contributed by atoms with Gasteiger partial charge in [0.25, 0.3) is 0 Å². The van der Waals surface area contributed by atoms with Gasteiger partial charge in [-0.1, -0.05) is 30.8 Å². The van der Waals surface area contributed by atoms with E-state index in [0.717, 1.165) is 10.9 Å². The average molecular weight is 295 g/mol. The van der Waals surface area contributed by atoms with E-state index in [1.807, 2.05) is 6.20 Å². The van der Waals surface area contributed by atoms with Gasteiger partial charge in [0.2, 0.25) is 0 Å². The molecule has 0 aliphatic carbocycles. The number of aryl methyl sites for hydroxylation is 1. The van der Waals surface area contributed by atoms with Crippen LogP contribution in [0.4, 0.5) is 0 Å². The number of carboxylic acids is 1. The lowest BCUT2D eigenvalue weighted by Crippen LogP contribution is -2.13. The highest BCUT2D eigenvalue weighted by atomic mass is 32.2. The maximum Gasteiger partial charge on any atom is 0.313 e. The predicted molar refractivity (Wildman–Crippen MR) is 74.7 cm³/mol. The molecule has 20 heavy (non-hydrogen) atoms. The lowest BCUT2D eigenvalue weighted by Gasteiger charge is -2.13. The zero-order valence-electron chi connectivity index (χ0n) is 11.4. The van der Waals surface area contributed by atoms with Gasteiger partial charge >= 0.3 is 5.97 Å². The van der Waals surface area contributed by atoms with Gasteiger partial charge in [-0.25, -0.2) is 4.98 Å². The highest BCUT2D eigenvalue weighted by Crippen LogP contribution is 2.23. The van der Waals surface area contributed by atoms with E-state index in [1.54, 1.807) is 17.1 Å². The molecule has 7 nitrogen and oxygen atoms in total. The Kier molecular flexibility index (Phi) is 4.78. The minimum Gasteiger partial charge on any atom is -0.481 e. The van der Waals surface area contributed by atoms with Crippen LogP contribution in [0.1, 0.15) is 25.5 Å². The highest BCUT2D eigenvalue weighted by Gasteiger charge is 2.14. The molecule has 0 saturated carbocycles. The Morgan fingerprint density at radius 1 is 1.45 bits per heavy atom. The van der Waals surface area contributed by atoms with Crippen LogP contribution in [0.2, 0.25) is 0 Å². The lowest BCUT2D eigenvalue weighted by molar-refractivity contribution is -0.133. The first kappa shape index (κ1) is 14.6. The van der Waals surface area contributed by atoms with Crippen LogP contribution < -0.4 is 0 Å². The second-order valence-electron chi connectivity index (χ2n) is 4.62. The fourth-order valence-corrected chi connectivity index (χ4v) is 2.58. The number of carboxylic acid groups (broad SMARTS) is 1. The molecule has 0 aromatic carbocycles. The largest absolute Gasteiger partial charge is 0.481 e. The molecule has 8 heteroatoms. The summed E-state index contributed by atoms with van der Waals surface area (Å²) < 4.78 is 3.80. The van der Waals surface area contributed by atoms with Gasteiger partial charge in [-0.3, -0.25) is 9.48 Å². The van der Waals surface area contributed by atoms with Gasteiger partial charge in [0.1, 0.15) is 0 Å². The van der Waals surface area contributed by atoms with Gasteiger partial charge in [0, 0.05) is 24.6 Å². The molecule has 0 aliphatic rings. The Balaban J connectivity index is 2.13. The van der Waals surface area contributed by atoms with Crippen LogP contribution in [0.15, 0.2) is 23.7 Å². The Labute approximate surface area is 121 Å². The Morgan fingerprint density at radius 2 is 2.25 bits per heavy atom. The van der Waals surface area contributed by atoms with Gasteiger partial charge in [-0.05, 0) is 5.92 Å². The first-order valence-electron chi connectivity index (χ1n) is 6.32. The zero-order valence-corrected chi connectivity index (χ0v) is 12.2. The second-order valence-corrected chi connectivity index (χ2v) is 5.56. The third kappa shape index (κ3) is 3.60. The summed E-state index contributed by atoms with van der Waals surface area (Å²) in [6.45, 7) is 5.55. The molecule has 0 atom stereocenters. The normalized spacial score (nSPS) is 11.2. The van der Waals surface area contributed by atoms with Gasteiger partial charge in [0.15, 0.2) is 5.16 Å². The van der Waals surface area contributed by atoms with Gasteiger partial charge in [0.05, 0.1) is 18.5 Å². The van der Waals surface area contributed by atoms with Crippen molar-refractivity contribution in [1.29, 1.82) is 0 Å². The quantitative estimate of drug-likeness (QED) is 0.779. The Bertz CT molecular complexity index is 564. The summed E-state index contributed by atoms with van der Waals surface area (Å²) >= 11 is 1.24. The van der Waals surface area contributed by atoms with Crippen molar-refractivity contribution >= 4 is 17.7 Å². The molecule has 0 amide bonds. The number of aliphatic carboxylic acids is 1. The van der Waals surface area contributed by atoms with Gasteiger partial charge in [-0.2, -0.15) is 0 Å². The number of rotatable bonds is 7. The average Bonchev–Trinajstić information content (AvgIpc) is 3.03. The summed E-state index contributed by atoms with van der Waals surface area (Å²) in [6.07, 6.45) is 5.25. The molecule has 0 bridgehead atoms. The fraction of sp³-hybridized carbons (Fsp3) is 0.500. The number of nitrogens with zero attached hydrogens (tertiary/aromatic N) is 5. The fourth-order valence-electron chi connectivity index (χ4n) is 1.85. The van der Waals surface area contributed by atoms with E-state index in [4.69, 9.17) is 5.11 Å². The number of carbonyl (C=O) groups is 1. The molecule has 0 saturated heterocycles. The number of imidazole rings is 1. The van der Waals surface area contributed by atoms with E-state index >= 15 is 0 Å². The molecule has 2 rings (SSSR count). The van der Waals surface area contributed by atoms with Crippen LogP contribution >= 0.6 is 11.8 Å². The molecule has 108 valence electrons. The second kappa shape index (κ2) is 6.56. The van der Waals surface area contributed by atoms with Crippen LogP contribution in [-0.2, 0) is 17.9 Å². The summed E-state index contributed by atoms with van der Waals surface area (Å²) in [5, 5.41) is 17.2. The molecule has 2 aromatic heterocycles. The highest BCUT2D eigenvalue weighted by molar-refractivity contribution is 7.99. The molecule has 0 unspecified atom stereocenters. The van der Waals surface area contributed by atoms with E-state index in [9.17, 15) is 4.79 Å². The van der Waals surface area contributed by atoms with E-state index in [2.05, 4.69) is 33.7 Å². The number of aromatic nitrogens is 5. The minimum absolute atomic E-state index is 0.0118. The Morgan fingerprint density at radius 3 is 2.85 bits per heavy atom. The van der Waals surface area contributed by atoms with E-state index in [1.165, 1.54) is 11.8 Å². The topological polar surface area (TPSA) is 85.8 Å². The summed E-state index contributed by atoms with van der Waals surface area (Å²) in [7, 11) is 0. The third-order valence-corrected chi connectivity index (χ3v) is 3.77. The molecular weight excluding hydrogens is 278 g/mol. The SMILES string of the molecule is CC(C)c1cnc(SCC(=O)O)n1CCn1ccnn1. The standard InChI is InChI=1S/C12H17N5O2S/c1-9(2)10-7-13-12(20-8-11(18)19)17(10)6-5-16-4-3-14-15-16/h3-4,7,9H,5-6,8H2,1-2H3,(H,18,19). The van der Waals surface area contributed by atoms with Crippen molar-refractivity contribution in [3.8, 4) is 0 Å². The summed E-state index contributed by atoms with van der Waals surface area (Å²) in [5.41, 5.74) is 1.10. The van der Waals surface area contributed by atoms with Crippen LogP contribution in [0, 0.1) is 0 Å². The summed E-state index contributed by atoms with van der Waals surface area (Å²) in [4.78, 5) is 15.0. The maximum absolute atomic E-state index is 10.7. The van der Waals surface area contributed by atoms with Crippen LogP contribution in [0.3, 0.4) is 0 Å². The van der Waals surface area contributed by atoms with E-state index in [0.29, 0.717) is 19.0 Å². The van der Waals surface area contributed by atoms with Crippen LogP contribution in [0.25, 0.3) is 0 Å². The summed E-state index contributed by atoms with van der Waals surface area (Å²) in [6, 6.07) is 0. The van der Waals surface area contributed by atoms with Crippen LogP contribution in [-0.4, -0.2) is 41.4 Å². The van der Waals surface area contributed by atoms with Crippen molar-refractivity contribution in [2.24, 2.45) is 0 Å². The van der Waals surface area contributed by atoms with E-state index in [-0.39, 0.29) is 5.75 Å². The first-order valence-corrected chi connectivity index (χ1v) is 7.30. The molecule has 0 spiro atoms. The van der Waals surface area contributed by atoms with E-state index < -0.39 is 5.97 Å². The number of hydrogen-bond acceptors (Lipinski definition) is 5. The maximum atomic E-state index is 10.7. The molecular formula is C12H17N5O2S. The molecule has 2 heterocycles. The van der Waals surface area contributed by atoms with Crippen molar-refractivity contribution in [1.82, 2.24) is 24.5 Å². The van der Waals surface area contributed by atoms with Crippen molar-refractivity contribution < 1.29 is 9.90 Å². The zero-order chi connectivity index (χ0) is 14.5. The predicted octanol–water partition coefficient (Wildman–Crippen LogP) is 1.47. The Hall–Kier alpha value is -1.83. The summed E-state index contributed by atoms with van der Waals surface area (Å²) in [5.74, 6) is -0.498. The molecule has 0 fully saturated rings.